The summed E-state index contributed by atoms with van der Waals surface area (Å²) >= 11 is 0. The van der Waals surface area contributed by atoms with Crippen LogP contribution < -0.4 is 5.32 Å². The minimum atomic E-state index is -0.779. The fourth-order valence-electron chi connectivity index (χ4n) is 2.38. The monoisotopic (exact) mass is 240 g/mol. The van der Waals surface area contributed by atoms with Crippen molar-refractivity contribution in [3.63, 3.8) is 0 Å². The first kappa shape index (κ1) is 14.0. The van der Waals surface area contributed by atoms with Gasteiger partial charge in [0, 0.05) is 19.0 Å². The van der Waals surface area contributed by atoms with Gasteiger partial charge in [-0.05, 0) is 33.1 Å². The molecule has 1 aliphatic heterocycles. The molecular formula is C13H24N2O2. The van der Waals surface area contributed by atoms with Gasteiger partial charge >= 0.3 is 0 Å². The maximum Gasteiger partial charge on any atom is 0.247 e. The largest absolute Gasteiger partial charge is 0.342 e. The molecule has 1 N–H and O–H groups in total. The van der Waals surface area contributed by atoms with Gasteiger partial charge in [-0.3, -0.25) is 9.59 Å². The van der Waals surface area contributed by atoms with E-state index in [0.29, 0.717) is 18.9 Å². The lowest BCUT2D eigenvalue weighted by Crippen LogP contribution is -2.54. The van der Waals surface area contributed by atoms with Crippen LogP contribution in [0.1, 0.15) is 47.5 Å². The maximum atomic E-state index is 12.3. The molecule has 1 fully saturated rings. The highest BCUT2D eigenvalue weighted by atomic mass is 16.2. The average Bonchev–Trinajstić information content (AvgIpc) is 2.23. The van der Waals surface area contributed by atoms with Crippen molar-refractivity contribution in [3.05, 3.63) is 0 Å². The zero-order chi connectivity index (χ0) is 13.2. The molecule has 0 radical (unpaired) electrons. The second-order valence-corrected chi connectivity index (χ2v) is 5.90. The molecule has 0 bridgehead atoms. The summed E-state index contributed by atoms with van der Waals surface area (Å²) in [7, 11) is 0. The van der Waals surface area contributed by atoms with Gasteiger partial charge in [-0.1, -0.05) is 13.8 Å². The second kappa shape index (κ2) is 5.07. The number of nitrogens with one attached hydrogen (secondary N) is 1. The number of rotatable bonds is 3. The van der Waals surface area contributed by atoms with Crippen LogP contribution in [0.2, 0.25) is 0 Å². The standard InChI is InChI=1S/C13H24N2O2/c1-9(2)8-10(3)15-7-6-11(16)14-13(4,5)12(15)17/h9-10H,6-8H2,1-5H3,(H,14,16). The molecule has 2 amide bonds. The van der Waals surface area contributed by atoms with Crippen LogP contribution in [0.3, 0.4) is 0 Å². The predicted molar refractivity (Wildman–Crippen MR) is 67.5 cm³/mol. The van der Waals surface area contributed by atoms with Crippen molar-refractivity contribution in [3.8, 4) is 0 Å². The molecule has 0 aromatic heterocycles. The number of amides is 2. The molecule has 0 saturated carbocycles. The Bertz CT molecular complexity index is 311. The number of nitrogens with zero attached hydrogens (tertiary/aromatic N) is 1. The molecule has 98 valence electrons. The van der Waals surface area contributed by atoms with E-state index in [-0.39, 0.29) is 17.9 Å². The molecule has 1 saturated heterocycles. The maximum absolute atomic E-state index is 12.3. The fraction of sp³-hybridized carbons (Fsp3) is 0.846. The van der Waals surface area contributed by atoms with Crippen LogP contribution in [0.15, 0.2) is 0 Å². The quantitative estimate of drug-likeness (QED) is 0.813. The minimum Gasteiger partial charge on any atom is -0.342 e. The number of hydrogen-bond donors (Lipinski definition) is 1. The average molecular weight is 240 g/mol. The van der Waals surface area contributed by atoms with E-state index in [4.69, 9.17) is 0 Å². The Morgan fingerprint density at radius 1 is 1.29 bits per heavy atom. The Hall–Kier alpha value is -1.06. The summed E-state index contributed by atoms with van der Waals surface area (Å²) in [4.78, 5) is 25.7. The lowest BCUT2D eigenvalue weighted by atomic mass is 9.99. The first-order valence-corrected chi connectivity index (χ1v) is 6.36. The van der Waals surface area contributed by atoms with Gasteiger partial charge in [0.05, 0.1) is 0 Å². The van der Waals surface area contributed by atoms with Crippen molar-refractivity contribution >= 4 is 11.8 Å². The normalized spacial score (nSPS) is 22.4. The SMILES string of the molecule is CC(C)CC(C)N1CCC(=O)NC(C)(C)C1=O. The van der Waals surface area contributed by atoms with Crippen LogP contribution in [-0.2, 0) is 9.59 Å². The smallest absolute Gasteiger partial charge is 0.247 e. The third-order valence-electron chi connectivity index (χ3n) is 3.17. The first-order valence-electron chi connectivity index (χ1n) is 6.36. The Labute approximate surface area is 104 Å². The topological polar surface area (TPSA) is 49.4 Å². The van der Waals surface area contributed by atoms with Crippen molar-refractivity contribution in [2.24, 2.45) is 5.92 Å². The van der Waals surface area contributed by atoms with Gasteiger partial charge in [-0.15, -0.1) is 0 Å². The predicted octanol–water partition coefficient (Wildman–Crippen LogP) is 1.55. The van der Waals surface area contributed by atoms with Crippen LogP contribution in [0.25, 0.3) is 0 Å². The Balaban J connectivity index is 2.84. The summed E-state index contributed by atoms with van der Waals surface area (Å²) in [6.45, 7) is 10.4. The van der Waals surface area contributed by atoms with Crippen LogP contribution in [0.5, 0.6) is 0 Å². The van der Waals surface area contributed by atoms with E-state index < -0.39 is 5.54 Å². The Morgan fingerprint density at radius 2 is 1.88 bits per heavy atom. The van der Waals surface area contributed by atoms with E-state index in [1.807, 2.05) is 4.90 Å². The van der Waals surface area contributed by atoms with Crippen molar-refractivity contribution in [1.29, 1.82) is 0 Å². The van der Waals surface area contributed by atoms with Gasteiger partial charge in [0.2, 0.25) is 11.8 Å². The molecule has 1 rings (SSSR count). The summed E-state index contributed by atoms with van der Waals surface area (Å²) in [6, 6.07) is 0.189. The highest BCUT2D eigenvalue weighted by Gasteiger charge is 2.38. The Kier molecular flexibility index (Phi) is 4.17. The highest BCUT2D eigenvalue weighted by molar-refractivity contribution is 5.92. The van der Waals surface area contributed by atoms with Crippen molar-refractivity contribution < 1.29 is 9.59 Å². The summed E-state index contributed by atoms with van der Waals surface area (Å²) in [5.74, 6) is 0.534. The summed E-state index contributed by atoms with van der Waals surface area (Å²) in [6.07, 6.45) is 1.37. The fourth-order valence-corrected chi connectivity index (χ4v) is 2.38. The molecule has 1 unspecified atom stereocenters. The van der Waals surface area contributed by atoms with Gasteiger partial charge in [-0.2, -0.15) is 0 Å². The number of hydrogen-bond acceptors (Lipinski definition) is 2. The van der Waals surface area contributed by atoms with E-state index in [2.05, 4.69) is 26.1 Å². The molecule has 4 heteroatoms. The summed E-state index contributed by atoms with van der Waals surface area (Å²) in [5.41, 5.74) is -0.779. The van der Waals surface area contributed by atoms with E-state index >= 15 is 0 Å². The van der Waals surface area contributed by atoms with Crippen LogP contribution in [-0.4, -0.2) is 34.8 Å². The van der Waals surface area contributed by atoms with Gasteiger partial charge in [0.1, 0.15) is 5.54 Å². The lowest BCUT2D eigenvalue weighted by molar-refractivity contribution is -0.139. The molecule has 0 spiro atoms. The van der Waals surface area contributed by atoms with Gasteiger partial charge in [-0.25, -0.2) is 0 Å². The van der Waals surface area contributed by atoms with E-state index in [1.165, 1.54) is 0 Å². The number of carbonyl (C=O) groups excluding carboxylic acids is 2. The molecule has 0 aromatic rings. The summed E-state index contributed by atoms with van der Waals surface area (Å²) in [5, 5.41) is 2.78. The molecule has 1 atom stereocenters. The van der Waals surface area contributed by atoms with Crippen molar-refractivity contribution in [2.45, 2.75) is 59.0 Å². The first-order chi connectivity index (χ1) is 7.74. The van der Waals surface area contributed by atoms with Gasteiger partial charge in [0.25, 0.3) is 0 Å². The zero-order valence-corrected chi connectivity index (χ0v) is 11.5. The van der Waals surface area contributed by atoms with E-state index in [9.17, 15) is 9.59 Å². The molecule has 1 heterocycles. The Morgan fingerprint density at radius 3 is 2.41 bits per heavy atom. The minimum absolute atomic E-state index is 0.0245. The molecular weight excluding hydrogens is 216 g/mol. The van der Waals surface area contributed by atoms with Gasteiger partial charge < -0.3 is 10.2 Å². The third-order valence-corrected chi connectivity index (χ3v) is 3.17. The summed E-state index contributed by atoms with van der Waals surface area (Å²) < 4.78 is 0. The van der Waals surface area contributed by atoms with E-state index in [1.54, 1.807) is 13.8 Å². The van der Waals surface area contributed by atoms with Crippen LogP contribution in [0.4, 0.5) is 0 Å². The molecule has 0 aromatic carbocycles. The molecule has 0 aliphatic carbocycles. The van der Waals surface area contributed by atoms with Crippen LogP contribution >= 0.6 is 0 Å². The second-order valence-electron chi connectivity index (χ2n) is 5.90. The van der Waals surface area contributed by atoms with Crippen molar-refractivity contribution in [2.75, 3.05) is 6.54 Å². The van der Waals surface area contributed by atoms with Crippen LogP contribution in [0, 0.1) is 5.92 Å². The van der Waals surface area contributed by atoms with Crippen molar-refractivity contribution in [1.82, 2.24) is 10.2 Å². The van der Waals surface area contributed by atoms with E-state index in [0.717, 1.165) is 6.42 Å². The lowest BCUT2D eigenvalue weighted by Gasteiger charge is -2.34. The van der Waals surface area contributed by atoms with Gasteiger partial charge in [0.15, 0.2) is 0 Å². The third kappa shape index (κ3) is 3.45. The molecule has 4 nitrogen and oxygen atoms in total. The number of carbonyl (C=O) groups is 2. The molecule has 1 aliphatic rings. The molecule has 17 heavy (non-hydrogen) atoms. The zero-order valence-electron chi connectivity index (χ0n) is 11.5. The highest BCUT2D eigenvalue weighted by Crippen LogP contribution is 2.19.